The Morgan fingerprint density at radius 2 is 1.94 bits per heavy atom. The number of morpholine rings is 1. The molecule has 5 heterocycles. The van der Waals surface area contributed by atoms with Crippen LogP contribution in [-0.4, -0.2) is 72.4 Å². The van der Waals surface area contributed by atoms with Crippen molar-refractivity contribution in [3.8, 4) is 11.3 Å². The highest BCUT2D eigenvalue weighted by Crippen LogP contribution is 2.29. The third kappa shape index (κ3) is 3.24. The summed E-state index contributed by atoms with van der Waals surface area (Å²) >= 11 is 0. The Balaban J connectivity index is 1.20. The van der Waals surface area contributed by atoms with Crippen LogP contribution in [0.15, 0.2) is 30.6 Å². The number of nitrogens with zero attached hydrogens (tertiary/aromatic N) is 7. The first-order valence-electron chi connectivity index (χ1n) is 10.9. The largest absolute Gasteiger partial charge is 0.379 e. The second kappa shape index (κ2) is 7.28. The van der Waals surface area contributed by atoms with Crippen molar-refractivity contribution in [3.05, 3.63) is 36.4 Å². The number of imidazole rings is 1. The monoisotopic (exact) mass is 418 g/mol. The molecule has 1 aliphatic carbocycles. The number of anilines is 1. The van der Waals surface area contributed by atoms with Crippen LogP contribution in [0.3, 0.4) is 0 Å². The van der Waals surface area contributed by atoms with Gasteiger partial charge in [0.05, 0.1) is 30.6 Å². The Morgan fingerprint density at radius 3 is 2.77 bits per heavy atom. The highest BCUT2D eigenvalue weighted by molar-refractivity contribution is 5.82. The molecular weight excluding hydrogens is 392 g/mol. The number of aryl methyl sites for hydroxylation is 2. The van der Waals surface area contributed by atoms with E-state index in [9.17, 15) is 0 Å². The summed E-state index contributed by atoms with van der Waals surface area (Å²) in [6.07, 6.45) is 6.11. The first kappa shape index (κ1) is 18.7. The summed E-state index contributed by atoms with van der Waals surface area (Å²) in [6.45, 7) is 5.79. The fourth-order valence-corrected chi connectivity index (χ4v) is 4.64. The number of ether oxygens (including phenoxy) is 1. The summed E-state index contributed by atoms with van der Waals surface area (Å²) < 4.78 is 9.35. The van der Waals surface area contributed by atoms with Crippen LogP contribution in [0.4, 0.5) is 5.95 Å². The molecule has 2 fully saturated rings. The lowest BCUT2D eigenvalue weighted by Crippen LogP contribution is -2.53. The first-order valence-corrected chi connectivity index (χ1v) is 10.9. The smallest absolute Gasteiger partial charge is 0.241 e. The molecule has 9 heteroatoms. The van der Waals surface area contributed by atoms with E-state index in [0.29, 0.717) is 18.0 Å². The standard InChI is InChI=1S/C22H26N8O/c1-14-24-19-4-3-18(26-21(19)28(14)2)17-5-6-30-20(17)13-23-22(27-30)25-15-11-16(12-15)29-7-9-31-10-8-29/h3-6,13,15-16H,7-12H2,1-2H3,(H,25,27)/t15-,16+. The van der Waals surface area contributed by atoms with Gasteiger partial charge in [0.1, 0.15) is 11.3 Å². The maximum absolute atomic E-state index is 5.45. The van der Waals surface area contributed by atoms with Crippen molar-refractivity contribution >= 4 is 22.6 Å². The van der Waals surface area contributed by atoms with E-state index in [4.69, 9.17) is 9.72 Å². The van der Waals surface area contributed by atoms with Gasteiger partial charge >= 0.3 is 0 Å². The van der Waals surface area contributed by atoms with Crippen molar-refractivity contribution < 1.29 is 4.74 Å². The van der Waals surface area contributed by atoms with E-state index in [0.717, 1.165) is 72.9 Å². The molecule has 4 aromatic heterocycles. The van der Waals surface area contributed by atoms with Gasteiger partial charge in [-0.3, -0.25) is 4.90 Å². The molecule has 0 unspecified atom stereocenters. The van der Waals surface area contributed by atoms with Crippen LogP contribution >= 0.6 is 0 Å². The molecule has 0 spiro atoms. The maximum atomic E-state index is 5.45. The van der Waals surface area contributed by atoms with Gasteiger partial charge in [-0.25, -0.2) is 19.5 Å². The maximum Gasteiger partial charge on any atom is 0.241 e. The van der Waals surface area contributed by atoms with Gasteiger partial charge in [0.2, 0.25) is 5.95 Å². The van der Waals surface area contributed by atoms with Crippen molar-refractivity contribution in [2.45, 2.75) is 31.8 Å². The van der Waals surface area contributed by atoms with Gasteiger partial charge in [-0.05, 0) is 38.0 Å². The summed E-state index contributed by atoms with van der Waals surface area (Å²) in [7, 11) is 1.99. The number of pyridine rings is 1. The third-order valence-corrected chi connectivity index (χ3v) is 6.64. The van der Waals surface area contributed by atoms with Gasteiger partial charge in [0.25, 0.3) is 0 Å². The van der Waals surface area contributed by atoms with Gasteiger partial charge in [0.15, 0.2) is 5.65 Å². The zero-order valence-corrected chi connectivity index (χ0v) is 17.8. The summed E-state index contributed by atoms with van der Waals surface area (Å²) in [5, 5.41) is 8.18. The van der Waals surface area contributed by atoms with Gasteiger partial charge in [-0.1, -0.05) is 0 Å². The van der Waals surface area contributed by atoms with E-state index >= 15 is 0 Å². The predicted octanol–water partition coefficient (Wildman–Crippen LogP) is 2.26. The van der Waals surface area contributed by atoms with Crippen molar-refractivity contribution in [3.63, 3.8) is 0 Å². The fraction of sp³-hybridized carbons (Fsp3) is 0.455. The Kier molecular flexibility index (Phi) is 4.39. The summed E-state index contributed by atoms with van der Waals surface area (Å²) in [4.78, 5) is 16.5. The molecular formula is C22H26N8O. The highest BCUT2D eigenvalue weighted by Gasteiger charge is 2.34. The van der Waals surface area contributed by atoms with Gasteiger partial charge in [-0.15, -0.1) is 5.10 Å². The molecule has 0 bridgehead atoms. The number of hydrogen-bond acceptors (Lipinski definition) is 7. The lowest BCUT2D eigenvalue weighted by molar-refractivity contribution is -0.00443. The Morgan fingerprint density at radius 1 is 1.10 bits per heavy atom. The molecule has 31 heavy (non-hydrogen) atoms. The van der Waals surface area contributed by atoms with Crippen molar-refractivity contribution in [2.24, 2.45) is 7.05 Å². The number of fused-ring (bicyclic) bond motifs is 2. The Hall–Kier alpha value is -3.04. The summed E-state index contributed by atoms with van der Waals surface area (Å²) in [5.74, 6) is 1.62. The first-order chi connectivity index (χ1) is 15.2. The van der Waals surface area contributed by atoms with Crippen molar-refractivity contribution in [2.75, 3.05) is 31.6 Å². The molecule has 1 aliphatic heterocycles. The van der Waals surface area contributed by atoms with Crippen molar-refractivity contribution in [1.82, 2.24) is 34.0 Å². The van der Waals surface area contributed by atoms with E-state index in [-0.39, 0.29) is 0 Å². The molecule has 9 nitrogen and oxygen atoms in total. The minimum Gasteiger partial charge on any atom is -0.379 e. The van der Waals surface area contributed by atoms with E-state index in [1.165, 1.54) is 0 Å². The fourth-order valence-electron chi connectivity index (χ4n) is 4.64. The highest BCUT2D eigenvalue weighted by atomic mass is 16.5. The SMILES string of the molecule is Cc1nc2ccc(-c3ccn4nc(N[C@H]5C[C@@H](N6CCOCC6)C5)ncc34)nc2n1C. The van der Waals surface area contributed by atoms with E-state index in [1.807, 2.05) is 53.6 Å². The van der Waals surface area contributed by atoms with Crippen molar-refractivity contribution in [1.29, 1.82) is 0 Å². The number of hydrogen-bond donors (Lipinski definition) is 1. The predicted molar refractivity (Wildman–Crippen MR) is 118 cm³/mol. The third-order valence-electron chi connectivity index (χ3n) is 6.64. The zero-order chi connectivity index (χ0) is 20.9. The van der Waals surface area contributed by atoms with E-state index < -0.39 is 0 Å². The molecule has 1 N–H and O–H groups in total. The van der Waals surface area contributed by atoms with Crippen LogP contribution in [0.1, 0.15) is 18.7 Å². The lowest BCUT2D eigenvalue weighted by Gasteiger charge is -2.44. The molecule has 1 saturated carbocycles. The van der Waals surface area contributed by atoms with Crippen LogP contribution in [0.2, 0.25) is 0 Å². The second-order valence-corrected chi connectivity index (χ2v) is 8.51. The molecule has 2 aliphatic rings. The summed E-state index contributed by atoms with van der Waals surface area (Å²) in [6, 6.07) is 7.16. The van der Waals surface area contributed by atoms with Gasteiger partial charge in [0, 0.05) is 44.0 Å². The van der Waals surface area contributed by atoms with Gasteiger partial charge in [-0.2, -0.15) is 0 Å². The topological polar surface area (TPSA) is 85.4 Å². The van der Waals surface area contributed by atoms with Crippen LogP contribution in [0.5, 0.6) is 0 Å². The molecule has 0 aromatic carbocycles. The zero-order valence-electron chi connectivity index (χ0n) is 17.8. The molecule has 1 saturated heterocycles. The van der Waals surface area contributed by atoms with Crippen LogP contribution in [0.25, 0.3) is 27.9 Å². The van der Waals surface area contributed by atoms with Gasteiger partial charge < -0.3 is 14.6 Å². The molecule has 0 atom stereocenters. The number of aromatic nitrogens is 6. The number of nitrogens with one attached hydrogen (secondary N) is 1. The minimum absolute atomic E-state index is 0.428. The quantitative estimate of drug-likeness (QED) is 0.544. The average molecular weight is 419 g/mol. The average Bonchev–Trinajstić information content (AvgIpc) is 3.31. The molecule has 0 radical (unpaired) electrons. The Bertz CT molecular complexity index is 1250. The molecule has 4 aromatic rings. The normalized spacial score (nSPS) is 22.1. The number of rotatable bonds is 4. The summed E-state index contributed by atoms with van der Waals surface area (Å²) in [5.41, 5.74) is 4.65. The molecule has 0 amide bonds. The van der Waals surface area contributed by atoms with Crippen LogP contribution < -0.4 is 5.32 Å². The van der Waals surface area contributed by atoms with E-state index in [1.54, 1.807) is 0 Å². The van der Waals surface area contributed by atoms with Crippen LogP contribution in [0, 0.1) is 6.92 Å². The van der Waals surface area contributed by atoms with E-state index in [2.05, 4.69) is 25.3 Å². The molecule has 6 rings (SSSR count). The Labute approximate surface area is 180 Å². The second-order valence-electron chi connectivity index (χ2n) is 8.51. The lowest BCUT2D eigenvalue weighted by atomic mass is 9.85. The van der Waals surface area contributed by atoms with Crippen LogP contribution in [-0.2, 0) is 11.8 Å². The minimum atomic E-state index is 0.428. The molecule has 160 valence electrons.